The number of nitrogens with zero attached hydrogens (tertiary/aromatic N) is 2. The highest BCUT2D eigenvalue weighted by atomic mass is 16.3. The molecule has 4 nitrogen and oxygen atoms in total. The van der Waals surface area contributed by atoms with Crippen molar-refractivity contribution >= 4 is 22.8 Å². The molecule has 4 heteroatoms. The molecule has 0 radical (unpaired) electrons. The van der Waals surface area contributed by atoms with Gasteiger partial charge in [0.2, 0.25) is 0 Å². The number of carbonyl (C=O) groups is 1. The molecule has 0 aliphatic carbocycles. The Kier molecular flexibility index (Phi) is 4.15. The normalized spacial score (nSPS) is 11.2. The Morgan fingerprint density at radius 3 is 2.78 bits per heavy atom. The number of pyridine rings is 1. The van der Waals surface area contributed by atoms with E-state index >= 15 is 0 Å². The van der Waals surface area contributed by atoms with Gasteiger partial charge in [-0.15, -0.1) is 0 Å². The first-order chi connectivity index (χ1) is 11.1. The first-order valence-electron chi connectivity index (χ1n) is 7.31. The van der Waals surface area contributed by atoms with Gasteiger partial charge in [-0.2, -0.15) is 0 Å². The topological polar surface area (TPSA) is 62.5 Å². The predicted molar refractivity (Wildman–Crippen MR) is 91.4 cm³/mol. The smallest absolute Gasteiger partial charge is 0.185 e. The van der Waals surface area contributed by atoms with E-state index in [0.717, 1.165) is 16.5 Å². The van der Waals surface area contributed by atoms with Crippen LogP contribution < -0.4 is 0 Å². The van der Waals surface area contributed by atoms with Crippen molar-refractivity contribution in [2.24, 2.45) is 4.99 Å². The molecule has 0 aliphatic heterocycles. The van der Waals surface area contributed by atoms with Crippen molar-refractivity contribution < 1.29 is 9.90 Å². The molecule has 0 spiro atoms. The first-order valence-corrected chi connectivity index (χ1v) is 7.31. The number of aromatic nitrogens is 1. The maximum atomic E-state index is 12.1. The number of aromatic hydroxyl groups is 1. The quantitative estimate of drug-likeness (QED) is 0.592. The van der Waals surface area contributed by atoms with E-state index in [4.69, 9.17) is 0 Å². The molecule has 1 heterocycles. The minimum absolute atomic E-state index is 0.0212. The number of fused-ring (bicyclic) bond motifs is 1. The van der Waals surface area contributed by atoms with E-state index in [1.54, 1.807) is 30.6 Å². The van der Waals surface area contributed by atoms with Gasteiger partial charge in [-0.1, -0.05) is 30.3 Å². The van der Waals surface area contributed by atoms with Gasteiger partial charge >= 0.3 is 0 Å². The predicted octanol–water partition coefficient (Wildman–Crippen LogP) is 3.55. The largest absolute Gasteiger partial charge is 0.507 e. The lowest BCUT2D eigenvalue weighted by molar-refractivity contribution is 0.100. The minimum atomic E-state index is -0.103. The fraction of sp³-hybridized carbons (Fsp3) is 0.105. The number of Topliss-reactive ketones (excluding diaryl/α,β-unsaturated/α-hetero) is 1. The van der Waals surface area contributed by atoms with Crippen molar-refractivity contribution in [2.75, 3.05) is 6.54 Å². The third-order valence-electron chi connectivity index (χ3n) is 3.64. The van der Waals surface area contributed by atoms with Crippen LogP contribution in [0.4, 0.5) is 0 Å². The summed E-state index contributed by atoms with van der Waals surface area (Å²) in [6.07, 6.45) is 3.11. The van der Waals surface area contributed by atoms with Crippen LogP contribution in [0, 0.1) is 6.92 Å². The Balaban J connectivity index is 1.82. The molecule has 3 aromatic rings. The summed E-state index contributed by atoms with van der Waals surface area (Å²) in [7, 11) is 0. The zero-order chi connectivity index (χ0) is 16.2. The number of phenolic OH excluding ortho intramolecular Hbond substituents is 1. The Hall–Kier alpha value is -3.01. The molecular weight excluding hydrogens is 288 g/mol. The highest BCUT2D eigenvalue weighted by Gasteiger charge is 2.06. The molecule has 0 saturated carbocycles. The number of aliphatic imine (C=N–C) groups is 1. The first kappa shape index (κ1) is 14.9. The van der Waals surface area contributed by atoms with E-state index in [2.05, 4.69) is 9.98 Å². The lowest BCUT2D eigenvalue weighted by atomic mass is 10.0. The van der Waals surface area contributed by atoms with Crippen molar-refractivity contribution in [3.63, 3.8) is 0 Å². The van der Waals surface area contributed by atoms with Gasteiger partial charge < -0.3 is 5.11 Å². The number of rotatable bonds is 4. The maximum absolute atomic E-state index is 12.1. The minimum Gasteiger partial charge on any atom is -0.507 e. The molecule has 3 rings (SSSR count). The van der Waals surface area contributed by atoms with E-state index in [0.29, 0.717) is 11.1 Å². The Morgan fingerprint density at radius 2 is 2.00 bits per heavy atom. The fourth-order valence-electron chi connectivity index (χ4n) is 2.36. The molecule has 0 unspecified atom stereocenters. The third-order valence-corrected chi connectivity index (χ3v) is 3.64. The van der Waals surface area contributed by atoms with Gasteiger partial charge in [-0.05, 0) is 35.9 Å². The van der Waals surface area contributed by atoms with E-state index in [1.807, 2.05) is 37.3 Å². The number of hydrogen-bond acceptors (Lipinski definition) is 4. The summed E-state index contributed by atoms with van der Waals surface area (Å²) in [5.74, 6) is 0.0466. The average Bonchev–Trinajstić information content (AvgIpc) is 2.57. The summed E-state index contributed by atoms with van der Waals surface area (Å²) in [4.78, 5) is 20.4. The number of hydrogen-bond donors (Lipinski definition) is 1. The monoisotopic (exact) mass is 304 g/mol. The summed E-state index contributed by atoms with van der Waals surface area (Å²) in [5, 5.41) is 12.0. The molecule has 0 amide bonds. The molecule has 0 aliphatic rings. The summed E-state index contributed by atoms with van der Waals surface area (Å²) in [6, 6.07) is 14.8. The molecule has 23 heavy (non-hydrogen) atoms. The number of aryl methyl sites for hydroxylation is 1. The van der Waals surface area contributed by atoms with Crippen molar-refractivity contribution in [1.29, 1.82) is 0 Å². The Bertz CT molecular complexity index is 884. The number of phenols is 1. The summed E-state index contributed by atoms with van der Waals surface area (Å²) in [6.45, 7) is 1.89. The van der Waals surface area contributed by atoms with Crippen molar-refractivity contribution in [3.8, 4) is 5.75 Å². The zero-order valence-electron chi connectivity index (χ0n) is 12.7. The molecule has 1 aromatic heterocycles. The van der Waals surface area contributed by atoms with E-state index in [-0.39, 0.29) is 18.1 Å². The van der Waals surface area contributed by atoms with Crippen LogP contribution >= 0.6 is 0 Å². The van der Waals surface area contributed by atoms with Crippen molar-refractivity contribution in [2.45, 2.75) is 6.92 Å². The maximum Gasteiger partial charge on any atom is 0.185 e. The third kappa shape index (κ3) is 3.26. The average molecular weight is 304 g/mol. The van der Waals surface area contributed by atoms with Crippen LogP contribution in [0.3, 0.4) is 0 Å². The molecule has 1 N–H and O–H groups in total. The zero-order valence-corrected chi connectivity index (χ0v) is 12.7. The summed E-state index contributed by atoms with van der Waals surface area (Å²) in [5.41, 5.74) is 2.03. The Labute approximate surface area is 134 Å². The van der Waals surface area contributed by atoms with Crippen molar-refractivity contribution in [1.82, 2.24) is 4.98 Å². The molecule has 0 atom stereocenters. The van der Waals surface area contributed by atoms with Crippen LogP contribution in [0.25, 0.3) is 10.8 Å². The molecule has 0 bridgehead atoms. The van der Waals surface area contributed by atoms with Crippen LogP contribution in [0.1, 0.15) is 21.6 Å². The van der Waals surface area contributed by atoms with Crippen LogP contribution in [0.2, 0.25) is 0 Å². The Morgan fingerprint density at radius 1 is 1.17 bits per heavy atom. The number of carbonyl (C=O) groups excluding carboxylic acids is 1. The number of ketones is 1. The second kappa shape index (κ2) is 6.40. The van der Waals surface area contributed by atoms with Gasteiger partial charge in [-0.25, -0.2) is 0 Å². The van der Waals surface area contributed by atoms with Gasteiger partial charge in [0.25, 0.3) is 0 Å². The van der Waals surface area contributed by atoms with Gasteiger partial charge in [-0.3, -0.25) is 14.8 Å². The summed E-state index contributed by atoms with van der Waals surface area (Å²) < 4.78 is 0. The van der Waals surface area contributed by atoms with E-state index in [9.17, 15) is 9.90 Å². The number of benzene rings is 2. The lowest BCUT2D eigenvalue weighted by Crippen LogP contribution is -2.04. The van der Waals surface area contributed by atoms with E-state index < -0.39 is 0 Å². The standard InChI is InChI=1S/C19H16N2O2/c1-13-6-7-15(10-21-13)19(23)12-20-11-17-16-5-3-2-4-14(16)8-9-18(17)22/h2-11,22H,12H2,1H3. The van der Waals surface area contributed by atoms with Crippen LogP contribution in [0.15, 0.2) is 59.7 Å². The highest BCUT2D eigenvalue weighted by Crippen LogP contribution is 2.25. The molecule has 114 valence electrons. The lowest BCUT2D eigenvalue weighted by Gasteiger charge is -2.04. The fourth-order valence-corrected chi connectivity index (χ4v) is 2.36. The molecular formula is C19H16N2O2. The summed E-state index contributed by atoms with van der Waals surface area (Å²) >= 11 is 0. The van der Waals surface area contributed by atoms with Crippen LogP contribution in [-0.4, -0.2) is 28.6 Å². The van der Waals surface area contributed by atoms with E-state index in [1.165, 1.54) is 0 Å². The molecule has 2 aromatic carbocycles. The molecule has 0 saturated heterocycles. The second-order valence-corrected chi connectivity index (χ2v) is 5.30. The second-order valence-electron chi connectivity index (χ2n) is 5.30. The van der Waals surface area contributed by atoms with Crippen LogP contribution in [0.5, 0.6) is 5.75 Å². The SMILES string of the molecule is Cc1ccc(C(=O)CN=Cc2c(O)ccc3ccccc23)cn1. The van der Waals surface area contributed by atoms with Gasteiger partial charge in [0, 0.05) is 29.2 Å². The van der Waals surface area contributed by atoms with Crippen molar-refractivity contribution in [3.05, 3.63) is 71.5 Å². The highest BCUT2D eigenvalue weighted by molar-refractivity contribution is 6.04. The van der Waals surface area contributed by atoms with Gasteiger partial charge in [0.15, 0.2) is 5.78 Å². The van der Waals surface area contributed by atoms with Gasteiger partial charge in [0.05, 0.1) is 0 Å². The molecule has 0 fully saturated rings. The van der Waals surface area contributed by atoms with Crippen LogP contribution in [-0.2, 0) is 0 Å². The van der Waals surface area contributed by atoms with Gasteiger partial charge in [0.1, 0.15) is 12.3 Å².